The van der Waals surface area contributed by atoms with Crippen LogP contribution in [-0.2, 0) is 9.53 Å². The summed E-state index contributed by atoms with van der Waals surface area (Å²) in [5.41, 5.74) is 0. The van der Waals surface area contributed by atoms with Crippen LogP contribution in [0.1, 0.15) is 78.1 Å². The highest BCUT2D eigenvalue weighted by molar-refractivity contribution is 5.66. The molecule has 0 fully saturated rings. The largest absolute Gasteiger partial charge is 0.481 e. The van der Waals surface area contributed by atoms with Crippen LogP contribution in [0.25, 0.3) is 0 Å². The number of rotatable bonds is 11. The average Bonchev–Trinajstić information content (AvgIpc) is 2.64. The van der Waals surface area contributed by atoms with Gasteiger partial charge in [-0.15, -0.1) is 0 Å². The molecule has 0 spiro atoms. The number of allylic oxidation sites excluding steroid dienone is 4. The summed E-state index contributed by atoms with van der Waals surface area (Å²) in [7, 11) is 0. The highest BCUT2D eigenvalue weighted by Crippen LogP contribution is 2.23. The Morgan fingerprint density at radius 3 is 2.76 bits per heavy atom. The molecule has 0 amide bonds. The molecule has 4 heteroatoms. The number of carbonyl (C=O) groups is 1. The van der Waals surface area contributed by atoms with Crippen molar-refractivity contribution in [2.45, 2.75) is 84.2 Å². The van der Waals surface area contributed by atoms with E-state index in [2.05, 4.69) is 13.8 Å². The molecule has 0 aromatic carbocycles. The van der Waals surface area contributed by atoms with Crippen LogP contribution < -0.4 is 0 Å². The molecule has 2 N–H and O–H groups in total. The van der Waals surface area contributed by atoms with Crippen LogP contribution in [0.5, 0.6) is 0 Å². The molecule has 0 aliphatic carbocycles. The van der Waals surface area contributed by atoms with Gasteiger partial charge in [0.15, 0.2) is 0 Å². The molecule has 142 valence electrons. The first-order chi connectivity index (χ1) is 12.0. The molecule has 0 radical (unpaired) electrons. The molecule has 0 saturated heterocycles. The summed E-state index contributed by atoms with van der Waals surface area (Å²) in [6.45, 7) is 4.34. The molecule has 0 aromatic heterocycles. The lowest BCUT2D eigenvalue weighted by molar-refractivity contribution is -0.137. The molecule has 1 rings (SSSR count). The summed E-state index contributed by atoms with van der Waals surface area (Å²) in [6, 6.07) is 0. The van der Waals surface area contributed by atoms with Crippen LogP contribution in [0.15, 0.2) is 35.8 Å². The van der Waals surface area contributed by atoms with Crippen molar-refractivity contribution in [3.05, 3.63) is 35.8 Å². The first kappa shape index (κ1) is 21.5. The Hall–Kier alpha value is -1.55. The number of carboxylic acid groups (broad SMARTS) is 1. The number of unbranched alkanes of at least 4 members (excludes halogenated alkanes) is 2. The quantitative estimate of drug-likeness (QED) is 0.493. The lowest BCUT2D eigenvalue weighted by Gasteiger charge is -2.16. The number of ether oxygens (including phenoxy) is 1. The maximum Gasteiger partial charge on any atom is 0.303 e. The number of aliphatic hydroxyl groups is 1. The second-order valence-electron chi connectivity index (χ2n) is 6.98. The van der Waals surface area contributed by atoms with E-state index in [4.69, 9.17) is 9.84 Å². The second kappa shape index (κ2) is 12.8. The van der Waals surface area contributed by atoms with Gasteiger partial charge in [-0.25, -0.2) is 0 Å². The summed E-state index contributed by atoms with van der Waals surface area (Å²) in [6.07, 6.45) is 15.8. The van der Waals surface area contributed by atoms with E-state index in [1.807, 2.05) is 18.2 Å². The van der Waals surface area contributed by atoms with Crippen molar-refractivity contribution < 1.29 is 19.7 Å². The summed E-state index contributed by atoms with van der Waals surface area (Å²) in [5.74, 6) is 1.63. The van der Waals surface area contributed by atoms with Crippen molar-refractivity contribution in [3.63, 3.8) is 0 Å². The highest BCUT2D eigenvalue weighted by atomic mass is 16.5. The molecule has 0 saturated carbocycles. The molecule has 1 aliphatic rings. The number of aliphatic carboxylic acids is 1. The Balaban J connectivity index is 2.53. The van der Waals surface area contributed by atoms with Gasteiger partial charge in [0, 0.05) is 19.3 Å². The lowest BCUT2D eigenvalue weighted by atomic mass is 9.98. The van der Waals surface area contributed by atoms with Gasteiger partial charge in [0.05, 0.1) is 11.9 Å². The minimum atomic E-state index is -0.724. The molecule has 4 nitrogen and oxygen atoms in total. The van der Waals surface area contributed by atoms with E-state index in [9.17, 15) is 9.90 Å². The lowest BCUT2D eigenvalue weighted by Crippen LogP contribution is -2.03. The minimum absolute atomic E-state index is 0.242. The summed E-state index contributed by atoms with van der Waals surface area (Å²) in [4.78, 5) is 10.6. The van der Waals surface area contributed by atoms with Crippen LogP contribution in [0, 0.1) is 5.92 Å². The molecule has 1 heterocycles. The predicted molar refractivity (Wildman–Crippen MR) is 101 cm³/mol. The van der Waals surface area contributed by atoms with Crippen molar-refractivity contribution in [3.8, 4) is 0 Å². The first-order valence-electron chi connectivity index (χ1n) is 9.65. The normalized spacial score (nSPS) is 24.5. The van der Waals surface area contributed by atoms with Gasteiger partial charge in [0.25, 0.3) is 0 Å². The smallest absolute Gasteiger partial charge is 0.303 e. The Kier molecular flexibility index (Phi) is 11.0. The topological polar surface area (TPSA) is 66.8 Å². The van der Waals surface area contributed by atoms with Crippen molar-refractivity contribution in [1.29, 1.82) is 0 Å². The van der Waals surface area contributed by atoms with Gasteiger partial charge >= 0.3 is 5.97 Å². The standard InChI is InChI=1S/C21H34O4/c1-3-4-5-10-19-11-7-9-18(22)14-16-20(25-19)15-13-17(2)8-6-12-21(23)24/h7,9,11,16-18,22H,3-6,8,10,12-15H2,1-2H3,(H,23,24)/b9-7-,19-11-,20-16-/t17-,18-/m0/s1. The Labute approximate surface area is 152 Å². The monoisotopic (exact) mass is 350 g/mol. The summed E-state index contributed by atoms with van der Waals surface area (Å²) < 4.78 is 6.13. The molecule has 25 heavy (non-hydrogen) atoms. The number of hydrogen-bond acceptors (Lipinski definition) is 3. The van der Waals surface area contributed by atoms with E-state index in [1.165, 1.54) is 12.8 Å². The van der Waals surface area contributed by atoms with Crippen LogP contribution in [-0.4, -0.2) is 22.3 Å². The Bertz CT molecular complexity index is 476. The van der Waals surface area contributed by atoms with Gasteiger partial charge in [0.2, 0.25) is 0 Å². The van der Waals surface area contributed by atoms with Crippen LogP contribution >= 0.6 is 0 Å². The Morgan fingerprint density at radius 1 is 1.24 bits per heavy atom. The maximum atomic E-state index is 10.6. The third-order valence-electron chi connectivity index (χ3n) is 4.46. The Morgan fingerprint density at radius 2 is 2.04 bits per heavy atom. The number of aliphatic hydroxyl groups excluding tert-OH is 1. The van der Waals surface area contributed by atoms with Crippen molar-refractivity contribution in [2.75, 3.05) is 0 Å². The fraction of sp³-hybridized carbons (Fsp3) is 0.667. The zero-order chi connectivity index (χ0) is 18.5. The average molecular weight is 350 g/mol. The van der Waals surface area contributed by atoms with E-state index >= 15 is 0 Å². The minimum Gasteiger partial charge on any atom is -0.481 e. The fourth-order valence-corrected chi connectivity index (χ4v) is 2.84. The van der Waals surface area contributed by atoms with Gasteiger partial charge < -0.3 is 14.9 Å². The van der Waals surface area contributed by atoms with E-state index < -0.39 is 12.1 Å². The molecular weight excluding hydrogens is 316 g/mol. The van der Waals surface area contributed by atoms with E-state index in [1.54, 1.807) is 6.08 Å². The molecule has 0 aromatic rings. The third-order valence-corrected chi connectivity index (χ3v) is 4.46. The highest BCUT2D eigenvalue weighted by Gasteiger charge is 2.10. The van der Waals surface area contributed by atoms with Crippen molar-refractivity contribution in [2.24, 2.45) is 5.92 Å². The van der Waals surface area contributed by atoms with Crippen molar-refractivity contribution in [1.82, 2.24) is 0 Å². The molecule has 1 aliphatic heterocycles. The predicted octanol–water partition coefficient (Wildman–Crippen LogP) is 5.34. The first-order valence-corrected chi connectivity index (χ1v) is 9.65. The molecule has 0 unspecified atom stereocenters. The fourth-order valence-electron chi connectivity index (χ4n) is 2.84. The number of hydrogen-bond donors (Lipinski definition) is 2. The maximum absolute atomic E-state index is 10.6. The van der Waals surface area contributed by atoms with Gasteiger partial charge in [-0.3, -0.25) is 4.79 Å². The van der Waals surface area contributed by atoms with Gasteiger partial charge in [-0.05, 0) is 43.8 Å². The third kappa shape index (κ3) is 10.8. The van der Waals surface area contributed by atoms with Gasteiger partial charge in [0.1, 0.15) is 5.76 Å². The molecular formula is C21H34O4. The van der Waals surface area contributed by atoms with Crippen LogP contribution in [0.3, 0.4) is 0 Å². The second-order valence-corrected chi connectivity index (χ2v) is 6.98. The summed E-state index contributed by atoms with van der Waals surface area (Å²) in [5, 5.41) is 18.7. The summed E-state index contributed by atoms with van der Waals surface area (Å²) >= 11 is 0. The molecule has 0 bridgehead atoms. The number of carboxylic acids is 1. The zero-order valence-electron chi connectivity index (χ0n) is 15.7. The van der Waals surface area contributed by atoms with Crippen molar-refractivity contribution >= 4 is 5.97 Å². The SMILES string of the molecule is CCCCC/C1=C/C=C\[C@H](O)C/C=C(/CC[C@@H](C)CCCC(=O)O)O1. The molecule has 2 atom stereocenters. The zero-order valence-corrected chi connectivity index (χ0v) is 15.7. The van der Waals surface area contributed by atoms with E-state index in [0.29, 0.717) is 12.3 Å². The van der Waals surface area contributed by atoms with E-state index in [-0.39, 0.29) is 6.42 Å². The van der Waals surface area contributed by atoms with Gasteiger partial charge in [-0.1, -0.05) is 45.3 Å². The van der Waals surface area contributed by atoms with Gasteiger partial charge in [-0.2, -0.15) is 0 Å². The van der Waals surface area contributed by atoms with Crippen LogP contribution in [0.2, 0.25) is 0 Å². The van der Waals surface area contributed by atoms with E-state index in [0.717, 1.165) is 50.0 Å². The van der Waals surface area contributed by atoms with Crippen LogP contribution in [0.4, 0.5) is 0 Å².